The fraction of sp³-hybridized carbons (Fsp3) is 0.105. The summed E-state index contributed by atoms with van der Waals surface area (Å²) in [6.07, 6.45) is 0. The first-order chi connectivity index (χ1) is 12.2. The van der Waals surface area contributed by atoms with Gasteiger partial charge >= 0.3 is 0 Å². The number of hydrogen-bond donors (Lipinski definition) is 0. The second kappa shape index (κ2) is 5.39. The van der Waals surface area contributed by atoms with Crippen molar-refractivity contribution in [2.45, 2.75) is 13.5 Å². The van der Waals surface area contributed by atoms with Crippen molar-refractivity contribution >= 4 is 15.9 Å². The Labute approximate surface area is 152 Å². The first kappa shape index (κ1) is 14.6. The summed E-state index contributed by atoms with van der Waals surface area (Å²) in [5.74, 6) is 2.41. The van der Waals surface area contributed by atoms with Crippen molar-refractivity contribution in [2.24, 2.45) is 0 Å². The predicted molar refractivity (Wildman–Crippen MR) is 97.9 cm³/mol. The number of aromatic nitrogens is 4. The average molecular weight is 393 g/mol. The number of aryl methyl sites for hydroxylation is 1. The van der Waals surface area contributed by atoms with Crippen LogP contribution in [-0.2, 0) is 6.54 Å². The van der Waals surface area contributed by atoms with Crippen LogP contribution in [0.3, 0.4) is 0 Å². The lowest BCUT2D eigenvalue weighted by Crippen LogP contribution is -1.99. The minimum absolute atomic E-state index is 0.729. The lowest BCUT2D eigenvalue weighted by atomic mass is 10.1. The van der Waals surface area contributed by atoms with Crippen molar-refractivity contribution in [3.8, 4) is 34.0 Å². The van der Waals surface area contributed by atoms with Crippen LogP contribution in [0.15, 0.2) is 57.5 Å². The topological polar surface area (TPSA) is 56.7 Å². The zero-order valence-corrected chi connectivity index (χ0v) is 15.0. The Kier molecular flexibility index (Phi) is 3.15. The molecule has 0 radical (unpaired) electrons. The second-order valence-corrected chi connectivity index (χ2v) is 6.88. The van der Waals surface area contributed by atoms with Crippen molar-refractivity contribution in [3.63, 3.8) is 0 Å². The summed E-state index contributed by atoms with van der Waals surface area (Å²) in [7, 11) is 0. The molecule has 0 bridgehead atoms. The Morgan fingerprint density at radius 3 is 2.64 bits per heavy atom. The summed E-state index contributed by atoms with van der Waals surface area (Å²) in [4.78, 5) is 0. The van der Waals surface area contributed by atoms with Gasteiger partial charge in [-0.05, 0) is 18.6 Å². The molecule has 6 heteroatoms. The van der Waals surface area contributed by atoms with Crippen LogP contribution in [0.25, 0.3) is 34.0 Å². The molecule has 25 heavy (non-hydrogen) atoms. The van der Waals surface area contributed by atoms with Crippen molar-refractivity contribution in [2.75, 3.05) is 0 Å². The number of fused-ring (bicyclic) bond motifs is 3. The fourth-order valence-corrected chi connectivity index (χ4v) is 3.84. The minimum Gasteiger partial charge on any atom is -0.360 e. The van der Waals surface area contributed by atoms with Gasteiger partial charge in [-0.1, -0.05) is 63.6 Å². The largest absolute Gasteiger partial charge is 0.360 e. The smallest absolute Gasteiger partial charge is 0.170 e. The summed E-state index contributed by atoms with van der Waals surface area (Å²) in [6, 6.07) is 16.2. The number of benzene rings is 2. The summed E-state index contributed by atoms with van der Waals surface area (Å²) in [5, 5.41) is 13.2. The second-order valence-electron chi connectivity index (χ2n) is 6.03. The Hall–Kier alpha value is -2.73. The van der Waals surface area contributed by atoms with Crippen LogP contribution in [0.4, 0.5) is 0 Å². The van der Waals surface area contributed by atoms with E-state index in [1.807, 2.05) is 43.3 Å². The SMILES string of the molecule is Cc1onc(-c2ccccc2)c1-c1nnc2n1Cc1c(Br)cccc1-2. The van der Waals surface area contributed by atoms with Crippen LogP contribution < -0.4 is 0 Å². The highest BCUT2D eigenvalue weighted by atomic mass is 79.9. The zero-order valence-electron chi connectivity index (χ0n) is 13.4. The fourth-order valence-electron chi connectivity index (χ4n) is 3.35. The summed E-state index contributed by atoms with van der Waals surface area (Å²) in [6.45, 7) is 2.64. The standard InChI is InChI=1S/C19H13BrN4O/c1-11-16(17(23-25-11)12-6-3-2-4-7-12)19-22-21-18-13-8-5-9-15(20)14(13)10-24(18)19/h2-9H,10H2,1H3. The lowest BCUT2D eigenvalue weighted by Gasteiger charge is -2.05. The van der Waals surface area contributed by atoms with Gasteiger partial charge in [-0.25, -0.2) is 0 Å². The molecule has 0 amide bonds. The van der Waals surface area contributed by atoms with Crippen LogP contribution >= 0.6 is 15.9 Å². The molecule has 5 rings (SSSR count). The van der Waals surface area contributed by atoms with Gasteiger partial charge in [0.05, 0.1) is 12.1 Å². The molecule has 2 aromatic heterocycles. The molecule has 0 N–H and O–H groups in total. The number of hydrogen-bond acceptors (Lipinski definition) is 4. The van der Waals surface area contributed by atoms with Crippen molar-refractivity contribution in [1.29, 1.82) is 0 Å². The van der Waals surface area contributed by atoms with Crippen LogP contribution in [0.5, 0.6) is 0 Å². The molecule has 0 unspecified atom stereocenters. The molecule has 0 fully saturated rings. The van der Waals surface area contributed by atoms with E-state index < -0.39 is 0 Å². The van der Waals surface area contributed by atoms with E-state index in [9.17, 15) is 0 Å². The van der Waals surface area contributed by atoms with E-state index in [0.717, 1.165) is 50.8 Å². The molecule has 5 nitrogen and oxygen atoms in total. The number of halogens is 1. The van der Waals surface area contributed by atoms with Crippen LogP contribution in [0.2, 0.25) is 0 Å². The molecular weight excluding hydrogens is 380 g/mol. The first-order valence-electron chi connectivity index (χ1n) is 7.97. The summed E-state index contributed by atoms with van der Waals surface area (Å²) in [5.41, 5.74) is 5.04. The van der Waals surface area contributed by atoms with Gasteiger partial charge < -0.3 is 9.09 Å². The third kappa shape index (κ3) is 2.10. The Morgan fingerprint density at radius 2 is 1.80 bits per heavy atom. The summed E-state index contributed by atoms with van der Waals surface area (Å²) < 4.78 is 8.71. The van der Waals surface area contributed by atoms with E-state index in [1.54, 1.807) is 0 Å². The zero-order chi connectivity index (χ0) is 17.0. The maximum Gasteiger partial charge on any atom is 0.170 e. The highest BCUT2D eigenvalue weighted by Gasteiger charge is 2.29. The summed E-state index contributed by atoms with van der Waals surface area (Å²) >= 11 is 3.64. The predicted octanol–water partition coefficient (Wildman–Crippen LogP) is 4.70. The van der Waals surface area contributed by atoms with Gasteiger partial charge in [-0.3, -0.25) is 0 Å². The van der Waals surface area contributed by atoms with Gasteiger partial charge in [0.2, 0.25) is 0 Å². The molecular formula is C19H13BrN4O. The monoisotopic (exact) mass is 392 g/mol. The molecule has 122 valence electrons. The van der Waals surface area contributed by atoms with Crippen molar-refractivity contribution in [1.82, 2.24) is 19.9 Å². The molecule has 0 saturated carbocycles. The third-order valence-corrected chi connectivity index (χ3v) is 5.30. The van der Waals surface area contributed by atoms with Crippen LogP contribution in [-0.4, -0.2) is 19.9 Å². The van der Waals surface area contributed by atoms with Crippen molar-refractivity contribution in [3.05, 3.63) is 64.3 Å². The molecule has 0 atom stereocenters. The third-order valence-electron chi connectivity index (χ3n) is 4.56. The molecule has 0 aliphatic carbocycles. The lowest BCUT2D eigenvalue weighted by molar-refractivity contribution is 0.400. The molecule has 1 aliphatic rings. The molecule has 2 aromatic carbocycles. The molecule has 0 spiro atoms. The van der Waals surface area contributed by atoms with Gasteiger partial charge in [-0.15, -0.1) is 10.2 Å². The minimum atomic E-state index is 0.729. The van der Waals surface area contributed by atoms with E-state index >= 15 is 0 Å². The van der Waals surface area contributed by atoms with E-state index in [4.69, 9.17) is 4.52 Å². The van der Waals surface area contributed by atoms with E-state index in [0.29, 0.717) is 0 Å². The Bertz CT molecular complexity index is 1100. The average Bonchev–Trinajstić information content (AvgIpc) is 3.30. The van der Waals surface area contributed by atoms with Crippen LogP contribution in [0.1, 0.15) is 11.3 Å². The molecule has 4 aromatic rings. The van der Waals surface area contributed by atoms with E-state index in [1.165, 1.54) is 5.56 Å². The van der Waals surface area contributed by atoms with Gasteiger partial charge in [0.25, 0.3) is 0 Å². The highest BCUT2D eigenvalue weighted by Crippen LogP contribution is 2.40. The maximum absolute atomic E-state index is 5.49. The number of rotatable bonds is 2. The van der Waals surface area contributed by atoms with E-state index in [-0.39, 0.29) is 0 Å². The van der Waals surface area contributed by atoms with Gasteiger partial charge in [0.15, 0.2) is 11.6 Å². The normalized spacial score (nSPS) is 12.2. The van der Waals surface area contributed by atoms with Gasteiger partial charge in [0, 0.05) is 15.6 Å². The Balaban J connectivity index is 1.71. The van der Waals surface area contributed by atoms with Crippen LogP contribution in [0, 0.1) is 6.92 Å². The van der Waals surface area contributed by atoms with Gasteiger partial charge in [0.1, 0.15) is 11.5 Å². The van der Waals surface area contributed by atoms with Gasteiger partial charge in [-0.2, -0.15) is 0 Å². The number of nitrogens with zero attached hydrogens (tertiary/aromatic N) is 4. The Morgan fingerprint density at radius 1 is 1.00 bits per heavy atom. The van der Waals surface area contributed by atoms with E-state index in [2.05, 4.69) is 48.0 Å². The quantitative estimate of drug-likeness (QED) is 0.436. The molecule has 3 heterocycles. The highest BCUT2D eigenvalue weighted by molar-refractivity contribution is 9.10. The molecule has 1 aliphatic heterocycles. The van der Waals surface area contributed by atoms with Crippen molar-refractivity contribution < 1.29 is 4.52 Å². The molecule has 0 saturated heterocycles. The maximum atomic E-state index is 5.49. The first-order valence-corrected chi connectivity index (χ1v) is 8.76.